The van der Waals surface area contributed by atoms with Crippen LogP contribution in [-0.4, -0.2) is 4.57 Å². The maximum absolute atomic E-state index is 2.51. The molecule has 0 bridgehead atoms. The lowest BCUT2D eigenvalue weighted by molar-refractivity contribution is 0.423. The zero-order valence-electron chi connectivity index (χ0n) is 16.2. The first-order valence-corrected chi connectivity index (χ1v) is 9.49. The Hall–Kier alpha value is -2.54. The van der Waals surface area contributed by atoms with Crippen LogP contribution in [0.3, 0.4) is 0 Å². The average Bonchev–Trinajstić information content (AvgIpc) is 3.05. The normalized spacial score (nSPS) is 15.4. The first-order valence-electron chi connectivity index (χ1n) is 9.49. The van der Waals surface area contributed by atoms with Gasteiger partial charge in [-0.15, -0.1) is 0 Å². The molecule has 0 amide bonds. The van der Waals surface area contributed by atoms with E-state index >= 15 is 0 Å². The van der Waals surface area contributed by atoms with E-state index in [-0.39, 0.29) is 11.0 Å². The first-order chi connectivity index (χ1) is 12.3. The second kappa shape index (κ2) is 4.79. The van der Waals surface area contributed by atoms with Crippen LogP contribution in [0.15, 0.2) is 60.7 Å². The maximum Gasteiger partial charge on any atom is 0.0499 e. The number of fused-ring (bicyclic) bond motifs is 7. The van der Waals surface area contributed by atoms with E-state index in [1.807, 2.05) is 0 Å². The van der Waals surface area contributed by atoms with Gasteiger partial charge < -0.3 is 4.57 Å². The molecule has 5 rings (SSSR count). The largest absolute Gasteiger partial charge is 0.335 e. The van der Waals surface area contributed by atoms with Crippen LogP contribution in [0.2, 0.25) is 0 Å². The summed E-state index contributed by atoms with van der Waals surface area (Å²) in [5, 5.41) is 2.80. The van der Waals surface area contributed by atoms with E-state index in [0.717, 1.165) is 0 Å². The van der Waals surface area contributed by atoms with Gasteiger partial charge in [0.05, 0.1) is 0 Å². The highest BCUT2D eigenvalue weighted by molar-refractivity contribution is 6.13. The van der Waals surface area contributed by atoms with E-state index in [1.165, 1.54) is 44.1 Å². The topological polar surface area (TPSA) is 4.93 Å². The van der Waals surface area contributed by atoms with Crippen LogP contribution < -0.4 is 0 Å². The summed E-state index contributed by atoms with van der Waals surface area (Å²) in [5.74, 6) is 0. The predicted octanol–water partition coefficient (Wildman–Crippen LogP) is 6.86. The molecule has 4 aromatic rings. The molecule has 0 aliphatic heterocycles. The fourth-order valence-corrected chi connectivity index (χ4v) is 5.05. The van der Waals surface area contributed by atoms with Gasteiger partial charge in [-0.1, -0.05) is 62.4 Å². The minimum absolute atomic E-state index is 0.0122. The number of para-hydroxylation sites is 1. The summed E-state index contributed by atoms with van der Waals surface area (Å²) < 4.78 is 2.51. The second-order valence-corrected chi connectivity index (χ2v) is 9.08. The molecule has 0 saturated carbocycles. The molecule has 1 aliphatic rings. The Morgan fingerprint density at radius 1 is 0.731 bits per heavy atom. The minimum atomic E-state index is 0.0122. The third kappa shape index (κ3) is 1.81. The maximum atomic E-state index is 2.51. The number of hydrogen-bond acceptors (Lipinski definition) is 0. The number of rotatable bonds is 0. The molecule has 0 N–H and O–H groups in total. The number of hydrogen-bond donors (Lipinski definition) is 0. The van der Waals surface area contributed by atoms with Gasteiger partial charge in [0.2, 0.25) is 0 Å². The highest BCUT2D eigenvalue weighted by atomic mass is 15.0. The Labute approximate surface area is 155 Å². The molecule has 0 saturated heterocycles. The highest BCUT2D eigenvalue weighted by Gasteiger charge is 2.38. The molecule has 3 aromatic carbocycles. The van der Waals surface area contributed by atoms with E-state index in [2.05, 4.69) is 99.8 Å². The Balaban J connectivity index is 2.04. The lowest BCUT2D eigenvalue weighted by Crippen LogP contribution is -2.21. The molecule has 1 aliphatic carbocycles. The van der Waals surface area contributed by atoms with E-state index in [1.54, 1.807) is 0 Å². The summed E-state index contributed by atoms with van der Waals surface area (Å²) in [6, 6.07) is 22.5. The zero-order chi connectivity index (χ0) is 18.3. The average molecular weight is 339 g/mol. The summed E-state index contributed by atoms with van der Waals surface area (Å²) in [6.45, 7) is 11.6. The van der Waals surface area contributed by atoms with Crippen molar-refractivity contribution in [3.8, 4) is 11.1 Å². The highest BCUT2D eigenvalue weighted by Crippen LogP contribution is 2.53. The van der Waals surface area contributed by atoms with Gasteiger partial charge in [-0.25, -0.2) is 0 Å². The molecule has 0 spiro atoms. The first kappa shape index (κ1) is 15.7. The summed E-state index contributed by atoms with van der Waals surface area (Å²) in [4.78, 5) is 0. The molecule has 0 atom stereocenters. The molecule has 0 radical (unpaired) electrons. The van der Waals surface area contributed by atoms with Crippen LogP contribution in [0.25, 0.3) is 32.9 Å². The van der Waals surface area contributed by atoms with Gasteiger partial charge in [0.15, 0.2) is 0 Å². The number of nitrogens with zero attached hydrogens (tertiary/aromatic N) is 1. The van der Waals surface area contributed by atoms with Crippen molar-refractivity contribution in [1.82, 2.24) is 4.57 Å². The van der Waals surface area contributed by atoms with Gasteiger partial charge in [0.25, 0.3) is 0 Å². The van der Waals surface area contributed by atoms with E-state index in [9.17, 15) is 0 Å². The van der Waals surface area contributed by atoms with Crippen LogP contribution in [0.5, 0.6) is 0 Å². The van der Waals surface area contributed by atoms with Gasteiger partial charge in [-0.05, 0) is 55.2 Å². The number of aromatic nitrogens is 1. The Morgan fingerprint density at radius 3 is 2.19 bits per heavy atom. The molecule has 0 unspecified atom stereocenters. The molecule has 1 heteroatoms. The van der Waals surface area contributed by atoms with Crippen molar-refractivity contribution in [2.24, 2.45) is 0 Å². The lowest BCUT2D eigenvalue weighted by Gasteiger charge is -2.25. The molecule has 1 nitrogen and oxygen atoms in total. The smallest absolute Gasteiger partial charge is 0.0499 e. The van der Waals surface area contributed by atoms with E-state index in [4.69, 9.17) is 0 Å². The second-order valence-electron chi connectivity index (χ2n) is 9.08. The summed E-state index contributed by atoms with van der Waals surface area (Å²) in [5.41, 5.74) is 8.43. The molecule has 1 heterocycles. The van der Waals surface area contributed by atoms with Crippen molar-refractivity contribution in [2.75, 3.05) is 0 Å². The van der Waals surface area contributed by atoms with Crippen molar-refractivity contribution in [3.05, 3.63) is 71.8 Å². The fraction of sp³-hybridized carbons (Fsp3) is 0.280. The molecule has 130 valence electrons. The van der Waals surface area contributed by atoms with Crippen molar-refractivity contribution in [1.29, 1.82) is 0 Å². The Bertz CT molecular complexity index is 1180. The summed E-state index contributed by atoms with van der Waals surface area (Å²) in [7, 11) is 0. The van der Waals surface area contributed by atoms with E-state index in [0.29, 0.717) is 0 Å². The van der Waals surface area contributed by atoms with Crippen LogP contribution in [0.4, 0.5) is 0 Å². The Morgan fingerprint density at radius 2 is 1.42 bits per heavy atom. The fourth-order valence-electron chi connectivity index (χ4n) is 5.05. The van der Waals surface area contributed by atoms with Crippen LogP contribution in [0.1, 0.15) is 45.7 Å². The zero-order valence-corrected chi connectivity index (χ0v) is 16.2. The van der Waals surface area contributed by atoms with Gasteiger partial charge in [-0.3, -0.25) is 0 Å². The van der Waals surface area contributed by atoms with Gasteiger partial charge in [-0.2, -0.15) is 0 Å². The third-order valence-electron chi connectivity index (χ3n) is 6.02. The van der Waals surface area contributed by atoms with Gasteiger partial charge >= 0.3 is 0 Å². The molecule has 0 fully saturated rings. The molecule has 26 heavy (non-hydrogen) atoms. The predicted molar refractivity (Wildman–Crippen MR) is 112 cm³/mol. The Kier molecular flexibility index (Phi) is 2.89. The van der Waals surface area contributed by atoms with Crippen molar-refractivity contribution in [3.63, 3.8) is 0 Å². The standard InChI is InChI=1S/C25H25N/c1-24(2,3)26-20-13-9-7-11-18(20)22-21(26)15-14-17-16-10-6-8-12-19(16)25(4,5)23(17)22/h6-15H,1-5H3. The van der Waals surface area contributed by atoms with Gasteiger partial charge in [0, 0.05) is 32.8 Å². The quantitative estimate of drug-likeness (QED) is 0.330. The monoisotopic (exact) mass is 339 g/mol. The lowest BCUT2D eigenvalue weighted by atomic mass is 9.80. The van der Waals surface area contributed by atoms with Crippen molar-refractivity contribution in [2.45, 2.75) is 45.6 Å². The molecule has 1 aromatic heterocycles. The third-order valence-corrected chi connectivity index (χ3v) is 6.02. The van der Waals surface area contributed by atoms with Crippen LogP contribution in [0, 0.1) is 0 Å². The summed E-state index contributed by atoms with van der Waals surface area (Å²) in [6.07, 6.45) is 0. The number of benzene rings is 3. The molecular formula is C25H25N. The van der Waals surface area contributed by atoms with E-state index < -0.39 is 0 Å². The SMILES string of the molecule is CC1(C)c2ccccc2-c2ccc3c(c21)c1ccccc1n3C(C)(C)C. The van der Waals surface area contributed by atoms with Crippen LogP contribution in [-0.2, 0) is 11.0 Å². The van der Waals surface area contributed by atoms with Crippen molar-refractivity contribution < 1.29 is 0 Å². The van der Waals surface area contributed by atoms with Gasteiger partial charge in [0.1, 0.15) is 0 Å². The molecular weight excluding hydrogens is 314 g/mol. The minimum Gasteiger partial charge on any atom is -0.335 e. The van der Waals surface area contributed by atoms with Crippen molar-refractivity contribution >= 4 is 21.8 Å². The summed E-state index contributed by atoms with van der Waals surface area (Å²) >= 11 is 0. The van der Waals surface area contributed by atoms with Crippen LogP contribution >= 0.6 is 0 Å².